The van der Waals surface area contributed by atoms with Crippen LogP contribution in [0.2, 0.25) is 5.02 Å². The average Bonchev–Trinajstić information content (AvgIpc) is 2.62. The highest BCUT2D eigenvalue weighted by atomic mass is 35.5. The second kappa shape index (κ2) is 8.23. The Morgan fingerprint density at radius 3 is 2.48 bits per heavy atom. The minimum absolute atomic E-state index is 0.0196. The molecule has 3 rings (SSSR count). The maximum absolute atomic E-state index is 13.1. The molecule has 3 aromatic carbocycles. The highest BCUT2D eigenvalue weighted by Gasteiger charge is 2.34. The van der Waals surface area contributed by atoms with Crippen molar-refractivity contribution in [3.8, 4) is 0 Å². The van der Waals surface area contributed by atoms with E-state index in [-0.39, 0.29) is 10.8 Å². The summed E-state index contributed by atoms with van der Waals surface area (Å²) in [6.45, 7) is 0. The zero-order chi connectivity index (χ0) is 19.4. The van der Waals surface area contributed by atoms with E-state index in [0.29, 0.717) is 5.75 Å². The van der Waals surface area contributed by atoms with Crippen molar-refractivity contribution < 1.29 is 18.0 Å². The van der Waals surface area contributed by atoms with E-state index in [1.54, 1.807) is 0 Å². The zero-order valence-corrected chi connectivity index (χ0v) is 15.6. The zero-order valence-electron chi connectivity index (χ0n) is 14.0. The van der Waals surface area contributed by atoms with Crippen molar-refractivity contribution in [2.24, 2.45) is 0 Å². The monoisotopic (exact) mass is 409 g/mol. The summed E-state index contributed by atoms with van der Waals surface area (Å²) in [5, 5.41) is 4.35. The quantitative estimate of drug-likeness (QED) is 0.529. The van der Waals surface area contributed by atoms with Crippen LogP contribution < -0.4 is 5.32 Å². The number of thioether (sulfide) groups is 1. The lowest BCUT2D eigenvalue weighted by molar-refractivity contribution is -0.137. The summed E-state index contributed by atoms with van der Waals surface area (Å²) in [5.41, 5.74) is -0.288. The average molecular weight is 410 g/mol. The van der Waals surface area contributed by atoms with E-state index >= 15 is 0 Å². The van der Waals surface area contributed by atoms with Gasteiger partial charge in [0.25, 0.3) is 0 Å². The Hall–Kier alpha value is -2.18. The molecule has 0 bridgehead atoms. The summed E-state index contributed by atoms with van der Waals surface area (Å²) in [5.74, 6) is 0.0636. The van der Waals surface area contributed by atoms with Gasteiger partial charge in [-0.15, -0.1) is 11.8 Å². The molecule has 0 radical (unpaired) electrons. The molecule has 0 aliphatic heterocycles. The largest absolute Gasteiger partial charge is 0.418 e. The number of benzene rings is 3. The van der Waals surface area contributed by atoms with E-state index in [2.05, 4.69) is 5.32 Å². The van der Waals surface area contributed by atoms with Crippen molar-refractivity contribution in [1.82, 2.24) is 0 Å². The number of para-hydroxylation sites is 1. The number of carbonyl (C=O) groups is 1. The number of alkyl halides is 3. The van der Waals surface area contributed by atoms with Gasteiger partial charge in [-0.25, -0.2) is 0 Å². The highest BCUT2D eigenvalue weighted by molar-refractivity contribution is 7.99. The van der Waals surface area contributed by atoms with Gasteiger partial charge in [-0.2, -0.15) is 13.2 Å². The van der Waals surface area contributed by atoms with Crippen LogP contribution in [0.25, 0.3) is 10.8 Å². The summed E-state index contributed by atoms with van der Waals surface area (Å²) in [7, 11) is 0. The molecule has 0 unspecified atom stereocenters. The number of hydrogen-bond acceptors (Lipinski definition) is 2. The molecule has 0 saturated heterocycles. The molecular weight excluding hydrogens is 395 g/mol. The summed E-state index contributed by atoms with van der Waals surface area (Å²) >= 11 is 7.18. The van der Waals surface area contributed by atoms with Crippen LogP contribution in [0, 0.1) is 0 Å². The first-order valence-corrected chi connectivity index (χ1v) is 9.59. The lowest BCUT2D eigenvalue weighted by Gasteiger charge is -2.15. The third-order valence-electron chi connectivity index (χ3n) is 3.95. The Balaban J connectivity index is 1.66. The third-order valence-corrected chi connectivity index (χ3v) is 5.25. The second-order valence-electron chi connectivity index (χ2n) is 5.84. The van der Waals surface area contributed by atoms with Gasteiger partial charge in [0.1, 0.15) is 0 Å². The van der Waals surface area contributed by atoms with Gasteiger partial charge < -0.3 is 5.32 Å². The Labute approximate surface area is 163 Å². The third kappa shape index (κ3) is 4.76. The number of nitrogens with one attached hydrogen (secondary N) is 1. The number of halogens is 4. The van der Waals surface area contributed by atoms with Gasteiger partial charge in [-0.3, -0.25) is 4.79 Å². The summed E-state index contributed by atoms with van der Waals surface area (Å²) < 4.78 is 39.3. The van der Waals surface area contributed by atoms with E-state index in [0.717, 1.165) is 22.4 Å². The molecule has 0 fully saturated rings. The fraction of sp³-hybridized carbons (Fsp3) is 0.150. The minimum Gasteiger partial charge on any atom is -0.324 e. The van der Waals surface area contributed by atoms with E-state index in [1.807, 2.05) is 42.5 Å². The maximum Gasteiger partial charge on any atom is 0.418 e. The first-order valence-electron chi connectivity index (χ1n) is 8.06. The molecule has 0 spiro atoms. The standard InChI is InChI=1S/C20H15ClF3NOS/c21-17-10-4-9-16(20(22,23)24)19(17)25-18(26)12-27-11-14-7-3-6-13-5-1-2-8-15(13)14/h1-10H,11-12H2,(H,25,26). The topological polar surface area (TPSA) is 29.1 Å². The van der Waals surface area contributed by atoms with Gasteiger partial charge in [0.05, 0.1) is 22.0 Å². The number of anilines is 1. The Morgan fingerprint density at radius 2 is 1.70 bits per heavy atom. The SMILES string of the molecule is O=C(CSCc1cccc2ccccc12)Nc1c(Cl)cccc1C(F)(F)F. The van der Waals surface area contributed by atoms with Gasteiger partial charge >= 0.3 is 6.18 Å². The number of amides is 1. The fourth-order valence-corrected chi connectivity index (χ4v) is 3.79. The molecule has 0 atom stereocenters. The molecule has 0 aromatic heterocycles. The summed E-state index contributed by atoms with van der Waals surface area (Å²) in [4.78, 5) is 12.1. The second-order valence-corrected chi connectivity index (χ2v) is 7.23. The van der Waals surface area contributed by atoms with Crippen LogP contribution in [0.4, 0.5) is 18.9 Å². The van der Waals surface area contributed by atoms with Crippen LogP contribution in [0.15, 0.2) is 60.7 Å². The first-order chi connectivity index (χ1) is 12.9. The van der Waals surface area contributed by atoms with Crippen LogP contribution in [0.5, 0.6) is 0 Å². The molecule has 1 N–H and O–H groups in total. The number of rotatable bonds is 5. The Morgan fingerprint density at radius 1 is 1.00 bits per heavy atom. The van der Waals surface area contributed by atoms with Crippen LogP contribution in [0.1, 0.15) is 11.1 Å². The van der Waals surface area contributed by atoms with Gasteiger partial charge in [0.15, 0.2) is 0 Å². The first kappa shape index (κ1) is 19.6. The van der Waals surface area contributed by atoms with E-state index < -0.39 is 23.3 Å². The van der Waals surface area contributed by atoms with Crippen LogP contribution in [-0.2, 0) is 16.7 Å². The van der Waals surface area contributed by atoms with Gasteiger partial charge in [-0.05, 0) is 28.5 Å². The van der Waals surface area contributed by atoms with Gasteiger partial charge in [-0.1, -0.05) is 60.1 Å². The van der Waals surface area contributed by atoms with E-state index in [4.69, 9.17) is 11.6 Å². The lowest BCUT2D eigenvalue weighted by atomic mass is 10.1. The van der Waals surface area contributed by atoms with Gasteiger partial charge in [0, 0.05) is 5.75 Å². The molecule has 3 aromatic rings. The number of hydrogen-bond donors (Lipinski definition) is 1. The fourth-order valence-electron chi connectivity index (χ4n) is 2.73. The molecule has 0 aliphatic carbocycles. The van der Waals surface area contributed by atoms with Crippen LogP contribution in [0.3, 0.4) is 0 Å². The molecule has 0 saturated carbocycles. The van der Waals surface area contributed by atoms with Crippen LogP contribution in [-0.4, -0.2) is 11.7 Å². The molecule has 7 heteroatoms. The summed E-state index contributed by atoms with van der Waals surface area (Å²) in [6.07, 6.45) is -4.59. The van der Waals surface area contributed by atoms with Gasteiger partial charge in [0.2, 0.25) is 5.91 Å². The Bertz CT molecular complexity index is 970. The van der Waals surface area contributed by atoms with Crippen molar-refractivity contribution in [3.63, 3.8) is 0 Å². The predicted molar refractivity (Wildman–Crippen MR) is 105 cm³/mol. The molecule has 27 heavy (non-hydrogen) atoms. The molecule has 1 amide bonds. The molecule has 140 valence electrons. The van der Waals surface area contributed by atoms with Crippen molar-refractivity contribution in [2.75, 3.05) is 11.1 Å². The van der Waals surface area contributed by atoms with Crippen molar-refractivity contribution in [1.29, 1.82) is 0 Å². The normalized spacial score (nSPS) is 11.6. The van der Waals surface area contributed by atoms with E-state index in [1.165, 1.54) is 23.9 Å². The maximum atomic E-state index is 13.1. The van der Waals surface area contributed by atoms with Crippen molar-refractivity contribution >= 4 is 45.7 Å². The molecule has 2 nitrogen and oxygen atoms in total. The smallest absolute Gasteiger partial charge is 0.324 e. The summed E-state index contributed by atoms with van der Waals surface area (Å²) in [6, 6.07) is 17.2. The lowest BCUT2D eigenvalue weighted by Crippen LogP contribution is -2.18. The Kier molecular flexibility index (Phi) is 5.97. The van der Waals surface area contributed by atoms with Crippen molar-refractivity contribution in [2.45, 2.75) is 11.9 Å². The predicted octanol–water partition coefficient (Wildman–Crippen LogP) is 6.38. The number of fused-ring (bicyclic) bond motifs is 1. The van der Waals surface area contributed by atoms with Crippen molar-refractivity contribution in [3.05, 3.63) is 76.8 Å². The highest BCUT2D eigenvalue weighted by Crippen LogP contribution is 2.38. The molecular formula is C20H15ClF3NOS. The van der Waals surface area contributed by atoms with Crippen LogP contribution >= 0.6 is 23.4 Å². The molecule has 0 heterocycles. The molecule has 0 aliphatic rings. The number of carbonyl (C=O) groups excluding carboxylic acids is 1. The minimum atomic E-state index is -4.59. The van der Waals surface area contributed by atoms with E-state index in [9.17, 15) is 18.0 Å².